The monoisotopic (exact) mass is 417 g/mol. The lowest BCUT2D eigenvalue weighted by molar-refractivity contribution is 0.0566. The number of carbonyl (C=O) groups excluding carboxylic acids is 1. The van der Waals surface area contributed by atoms with Gasteiger partial charge in [-0.3, -0.25) is 4.79 Å². The first-order valence-corrected chi connectivity index (χ1v) is 11.3. The van der Waals surface area contributed by atoms with Crippen LogP contribution in [0.15, 0.2) is 42.0 Å². The highest BCUT2D eigenvalue weighted by Gasteiger charge is 2.44. The maximum absolute atomic E-state index is 13.3. The number of anilines is 1. The quantitative estimate of drug-likeness (QED) is 0.624. The van der Waals surface area contributed by atoms with E-state index in [2.05, 4.69) is 31.2 Å². The summed E-state index contributed by atoms with van der Waals surface area (Å²) in [7, 11) is 0. The molecule has 0 radical (unpaired) electrons. The van der Waals surface area contributed by atoms with Crippen LogP contribution in [-0.4, -0.2) is 45.9 Å². The molecule has 0 bridgehead atoms. The molecule has 0 N–H and O–H groups in total. The molecule has 1 amide bonds. The van der Waals surface area contributed by atoms with Crippen LogP contribution in [0.3, 0.4) is 0 Å². The number of nitriles is 1. The zero-order chi connectivity index (χ0) is 20.6. The minimum atomic E-state index is -0.0820. The van der Waals surface area contributed by atoms with Crippen LogP contribution in [0, 0.1) is 11.3 Å². The molecule has 152 valence electrons. The van der Waals surface area contributed by atoms with Crippen molar-refractivity contribution in [2.24, 2.45) is 0 Å². The van der Waals surface area contributed by atoms with E-state index in [4.69, 9.17) is 5.26 Å². The zero-order valence-corrected chi connectivity index (χ0v) is 17.6. The summed E-state index contributed by atoms with van der Waals surface area (Å²) in [5, 5.41) is 11.1. The van der Waals surface area contributed by atoms with Crippen LogP contribution >= 0.6 is 11.3 Å². The third kappa shape index (κ3) is 3.21. The van der Waals surface area contributed by atoms with Crippen LogP contribution in [0.4, 0.5) is 5.82 Å². The average Bonchev–Trinajstić information content (AvgIpc) is 3.37. The molecule has 2 fully saturated rings. The fourth-order valence-electron chi connectivity index (χ4n) is 5.01. The van der Waals surface area contributed by atoms with Gasteiger partial charge in [0.25, 0.3) is 5.91 Å². The topological polar surface area (TPSA) is 73.1 Å². The molecule has 2 aliphatic heterocycles. The van der Waals surface area contributed by atoms with Crippen LogP contribution in [0.5, 0.6) is 0 Å². The fraction of sp³-hybridized carbons (Fsp3) is 0.391. The molecule has 2 aromatic heterocycles. The van der Waals surface area contributed by atoms with E-state index in [0.717, 1.165) is 67.8 Å². The maximum Gasteiger partial charge on any atom is 0.254 e. The van der Waals surface area contributed by atoms with E-state index in [-0.39, 0.29) is 11.4 Å². The molecule has 1 spiro atoms. The number of fused-ring (bicyclic) bond motifs is 1. The Morgan fingerprint density at radius 1 is 1.03 bits per heavy atom. The zero-order valence-electron chi connectivity index (χ0n) is 16.8. The van der Waals surface area contributed by atoms with Gasteiger partial charge in [-0.15, -0.1) is 11.3 Å². The van der Waals surface area contributed by atoms with Crippen LogP contribution < -0.4 is 4.90 Å². The summed E-state index contributed by atoms with van der Waals surface area (Å²) in [5.74, 6) is 1.11. The Hall–Kier alpha value is -2.98. The molecule has 5 rings (SSSR count). The summed E-state index contributed by atoms with van der Waals surface area (Å²) in [6, 6.07) is 11.2. The third-order valence-corrected chi connectivity index (χ3v) is 7.44. The van der Waals surface area contributed by atoms with Gasteiger partial charge in [-0.25, -0.2) is 9.97 Å². The van der Waals surface area contributed by atoms with E-state index >= 15 is 0 Å². The second-order valence-electron chi connectivity index (χ2n) is 8.15. The summed E-state index contributed by atoms with van der Waals surface area (Å²) in [4.78, 5) is 26.8. The Bertz CT molecular complexity index is 1120. The van der Waals surface area contributed by atoms with Gasteiger partial charge in [-0.1, -0.05) is 0 Å². The Balaban J connectivity index is 1.38. The molecule has 2 aliphatic rings. The van der Waals surface area contributed by atoms with Crippen molar-refractivity contribution in [2.75, 3.05) is 24.5 Å². The Kier molecular flexibility index (Phi) is 4.87. The number of rotatable bonds is 2. The van der Waals surface area contributed by atoms with Gasteiger partial charge in [0.1, 0.15) is 12.1 Å². The molecule has 0 saturated carbocycles. The standard InChI is InChI=1S/C23H23N5OS/c24-15-17-3-5-18(6-4-17)22(29)28-12-2-9-23(28)8-1-11-27(13-10-23)21-20-19(7-14-30-20)25-16-26-21/h3-7,14,16H,1-2,8-13H2/t23-/m0/s1. The van der Waals surface area contributed by atoms with Crippen LogP contribution in [0.1, 0.15) is 48.0 Å². The van der Waals surface area contributed by atoms with Gasteiger partial charge in [0, 0.05) is 30.7 Å². The minimum absolute atomic E-state index is 0.0820. The van der Waals surface area contributed by atoms with Gasteiger partial charge in [0.2, 0.25) is 0 Å². The number of thiophene rings is 1. The first-order valence-electron chi connectivity index (χ1n) is 10.5. The summed E-state index contributed by atoms with van der Waals surface area (Å²) in [6.45, 7) is 2.65. The molecule has 0 unspecified atom stereocenters. The van der Waals surface area contributed by atoms with Crippen molar-refractivity contribution in [1.29, 1.82) is 5.26 Å². The molecule has 0 aliphatic carbocycles. The summed E-state index contributed by atoms with van der Waals surface area (Å²) < 4.78 is 1.14. The van der Waals surface area contributed by atoms with E-state index in [1.165, 1.54) is 0 Å². The van der Waals surface area contributed by atoms with E-state index in [9.17, 15) is 4.79 Å². The molecule has 4 heterocycles. The van der Waals surface area contributed by atoms with E-state index in [1.54, 1.807) is 41.9 Å². The smallest absolute Gasteiger partial charge is 0.254 e. The van der Waals surface area contributed by atoms with Crippen molar-refractivity contribution in [3.05, 3.63) is 53.2 Å². The molecule has 6 nitrogen and oxygen atoms in total. The highest BCUT2D eigenvalue weighted by Crippen LogP contribution is 2.40. The molecule has 30 heavy (non-hydrogen) atoms. The van der Waals surface area contributed by atoms with Gasteiger partial charge < -0.3 is 9.80 Å². The highest BCUT2D eigenvalue weighted by molar-refractivity contribution is 7.17. The lowest BCUT2D eigenvalue weighted by Crippen LogP contribution is -2.48. The van der Waals surface area contributed by atoms with Crippen molar-refractivity contribution >= 4 is 33.3 Å². The largest absolute Gasteiger partial charge is 0.355 e. The number of likely N-dealkylation sites (tertiary alicyclic amines) is 1. The second-order valence-corrected chi connectivity index (χ2v) is 9.06. The summed E-state index contributed by atoms with van der Waals surface area (Å²) >= 11 is 1.69. The SMILES string of the molecule is N#Cc1ccc(C(=O)N2CCC[C@]23CCCN(c2ncnc4ccsc24)CC3)cc1. The first-order chi connectivity index (χ1) is 14.7. The van der Waals surface area contributed by atoms with E-state index in [0.29, 0.717) is 11.1 Å². The van der Waals surface area contributed by atoms with E-state index in [1.807, 2.05) is 6.07 Å². The maximum atomic E-state index is 13.3. The Morgan fingerprint density at radius 2 is 1.83 bits per heavy atom. The van der Waals surface area contributed by atoms with Gasteiger partial charge in [-0.2, -0.15) is 5.26 Å². The Morgan fingerprint density at radius 3 is 2.63 bits per heavy atom. The number of hydrogen-bond donors (Lipinski definition) is 0. The molecule has 1 aromatic carbocycles. The number of benzene rings is 1. The van der Waals surface area contributed by atoms with Crippen molar-refractivity contribution in [1.82, 2.24) is 14.9 Å². The van der Waals surface area contributed by atoms with Crippen molar-refractivity contribution in [2.45, 2.75) is 37.6 Å². The normalized spacial score (nSPS) is 21.7. The Labute approximate surface area is 179 Å². The molecule has 3 aromatic rings. The number of nitrogens with zero attached hydrogens (tertiary/aromatic N) is 5. The van der Waals surface area contributed by atoms with Gasteiger partial charge in [0.05, 0.1) is 21.8 Å². The van der Waals surface area contributed by atoms with Crippen molar-refractivity contribution < 1.29 is 4.79 Å². The van der Waals surface area contributed by atoms with Crippen LogP contribution in [-0.2, 0) is 0 Å². The third-order valence-electron chi connectivity index (χ3n) is 6.54. The van der Waals surface area contributed by atoms with Crippen molar-refractivity contribution in [3.8, 4) is 6.07 Å². The number of carbonyl (C=O) groups is 1. The molecule has 1 atom stereocenters. The molecular weight excluding hydrogens is 394 g/mol. The molecule has 7 heteroatoms. The predicted molar refractivity (Wildman–Crippen MR) is 118 cm³/mol. The molecule has 2 saturated heterocycles. The minimum Gasteiger partial charge on any atom is -0.355 e. The lowest BCUT2D eigenvalue weighted by Gasteiger charge is -2.38. The number of aromatic nitrogens is 2. The number of amides is 1. The highest BCUT2D eigenvalue weighted by atomic mass is 32.1. The molecular formula is C23H23N5OS. The number of hydrogen-bond acceptors (Lipinski definition) is 6. The van der Waals surface area contributed by atoms with Crippen molar-refractivity contribution in [3.63, 3.8) is 0 Å². The van der Waals surface area contributed by atoms with Gasteiger partial charge in [-0.05, 0) is 67.8 Å². The van der Waals surface area contributed by atoms with Gasteiger partial charge in [0.15, 0.2) is 0 Å². The van der Waals surface area contributed by atoms with Crippen LogP contribution in [0.25, 0.3) is 10.2 Å². The predicted octanol–water partition coefficient (Wildman–Crippen LogP) is 4.23. The van der Waals surface area contributed by atoms with Gasteiger partial charge >= 0.3 is 0 Å². The average molecular weight is 418 g/mol. The van der Waals surface area contributed by atoms with Crippen LogP contribution in [0.2, 0.25) is 0 Å². The summed E-state index contributed by atoms with van der Waals surface area (Å²) in [6.07, 6.45) is 6.76. The summed E-state index contributed by atoms with van der Waals surface area (Å²) in [5.41, 5.74) is 2.17. The van der Waals surface area contributed by atoms with E-state index < -0.39 is 0 Å². The lowest BCUT2D eigenvalue weighted by atomic mass is 9.87. The second kappa shape index (κ2) is 7.69. The fourth-order valence-corrected chi connectivity index (χ4v) is 5.87. The first kappa shape index (κ1) is 19.0.